The van der Waals surface area contributed by atoms with Gasteiger partial charge in [0.1, 0.15) is 22.8 Å². The lowest BCUT2D eigenvalue weighted by Gasteiger charge is -2.45. The van der Waals surface area contributed by atoms with E-state index in [9.17, 15) is 39.3 Å². The number of hydrogen-bond acceptors (Lipinski definition) is 13. The fourth-order valence-electron chi connectivity index (χ4n) is 6.43. The minimum absolute atomic E-state index is 0.0364. The number of esters is 2. The maximum Gasteiger partial charge on any atom is 0.311 e. The summed E-state index contributed by atoms with van der Waals surface area (Å²) in [6.07, 6.45) is -11.4. The topological polar surface area (TPSA) is 192 Å². The number of aromatic hydroxyl groups is 2. The molecule has 0 saturated carbocycles. The minimum Gasteiger partial charge on any atom is -0.507 e. The van der Waals surface area contributed by atoms with Crippen LogP contribution >= 0.6 is 0 Å². The molecule has 1 fully saturated rings. The molecule has 2 aliphatic carbocycles. The van der Waals surface area contributed by atoms with E-state index in [1.807, 2.05) is 0 Å². The molecule has 2 aromatic rings. The van der Waals surface area contributed by atoms with Crippen LogP contribution in [0.5, 0.6) is 17.2 Å². The van der Waals surface area contributed by atoms with Crippen molar-refractivity contribution >= 4 is 29.3 Å². The molecule has 51 heavy (non-hydrogen) atoms. The maximum absolute atomic E-state index is 16.7. The van der Waals surface area contributed by atoms with E-state index in [1.165, 1.54) is 32.2 Å². The van der Waals surface area contributed by atoms with Crippen LogP contribution in [-0.4, -0.2) is 88.1 Å². The molecule has 3 aliphatic rings. The molecule has 13 nitrogen and oxygen atoms in total. The third-order valence-corrected chi connectivity index (χ3v) is 9.45. The van der Waals surface area contributed by atoms with Gasteiger partial charge in [-0.05, 0) is 61.5 Å². The lowest BCUT2D eigenvalue weighted by atomic mass is 9.72. The van der Waals surface area contributed by atoms with Gasteiger partial charge >= 0.3 is 11.9 Å². The molecule has 0 radical (unpaired) electrons. The first kappa shape index (κ1) is 37.8. The molecule has 14 heteroatoms. The number of ether oxygens (including phenoxy) is 5. The fourth-order valence-corrected chi connectivity index (χ4v) is 6.43. The van der Waals surface area contributed by atoms with Gasteiger partial charge < -0.3 is 39.0 Å². The molecular formula is C37H43FO13. The van der Waals surface area contributed by atoms with E-state index in [0.29, 0.717) is 0 Å². The summed E-state index contributed by atoms with van der Waals surface area (Å²) in [5, 5.41) is 34.8. The number of carbonyl (C=O) groups excluding carboxylic acids is 5. The molecule has 0 bridgehead atoms. The van der Waals surface area contributed by atoms with Crippen LogP contribution in [0.3, 0.4) is 0 Å². The summed E-state index contributed by atoms with van der Waals surface area (Å²) in [7, 11) is 1.29. The predicted octanol–water partition coefficient (Wildman–Crippen LogP) is 4.20. The standard InChI is InChI=1S/C37H43FO13/c1-15-30(50-33(44)35(3,4)5)31(51-34(45)36(6,7)8)25(38)32(48-15)49-20-14-37(46,16(2)39)13-18-22(20)29(43)24-23(27(18)41)26(40)17-11-10-12-19(47-9)21(17)28(24)42/h10-12,15,20,25,30-32,41,43,46H,13-14H2,1-9H3/t15-,20-,25-,30+,31-,32-,37-/m0/s1. The van der Waals surface area contributed by atoms with E-state index < -0.39 is 118 Å². The van der Waals surface area contributed by atoms with Gasteiger partial charge in [0.15, 0.2) is 36.2 Å². The zero-order chi connectivity index (χ0) is 38.1. The Morgan fingerprint density at radius 2 is 1.47 bits per heavy atom. The first-order valence-corrected chi connectivity index (χ1v) is 16.5. The Kier molecular flexibility index (Phi) is 9.63. The number of alkyl halides is 1. The fraction of sp³-hybridized carbons (Fsp3) is 0.541. The molecule has 1 heterocycles. The molecule has 1 aliphatic heterocycles. The number of methoxy groups -OCH3 is 1. The number of phenolic OH excluding ortho intramolecular Hbond substituents is 2. The summed E-state index contributed by atoms with van der Waals surface area (Å²) in [5.41, 5.74) is -6.30. The first-order chi connectivity index (χ1) is 23.5. The SMILES string of the molecule is COc1cccc2c1C(=O)c1c(O)c3c(c(O)c1C2=O)C[C@@](O)(C(C)=O)C[C@@H]3O[C@@H]1O[C@@H](C)[C@@H](OC(=O)C(C)(C)C)[C@@H](OC(=O)C(C)(C)C)[C@@H]1F. The largest absolute Gasteiger partial charge is 0.507 e. The van der Waals surface area contributed by atoms with Crippen molar-refractivity contribution in [1.82, 2.24) is 0 Å². The van der Waals surface area contributed by atoms with E-state index in [0.717, 1.165) is 6.92 Å². The number of fused-ring (bicyclic) bond motifs is 3. The van der Waals surface area contributed by atoms with Crippen LogP contribution in [0.15, 0.2) is 18.2 Å². The summed E-state index contributed by atoms with van der Waals surface area (Å²) in [6, 6.07) is 4.27. The molecule has 7 atom stereocenters. The quantitative estimate of drug-likeness (QED) is 0.243. The number of aliphatic hydroxyl groups is 1. The Morgan fingerprint density at radius 3 is 2.02 bits per heavy atom. The van der Waals surface area contributed by atoms with E-state index in [1.54, 1.807) is 41.5 Å². The van der Waals surface area contributed by atoms with E-state index in [2.05, 4.69) is 0 Å². The van der Waals surface area contributed by atoms with Crippen molar-refractivity contribution in [1.29, 1.82) is 0 Å². The van der Waals surface area contributed by atoms with Crippen LogP contribution in [0.2, 0.25) is 0 Å². The highest BCUT2D eigenvalue weighted by molar-refractivity contribution is 6.31. The molecule has 0 unspecified atom stereocenters. The van der Waals surface area contributed by atoms with Crippen molar-refractivity contribution < 1.29 is 67.4 Å². The highest BCUT2D eigenvalue weighted by atomic mass is 19.1. The number of Topliss-reactive ketones (excluding diaryl/α,β-unsaturated/α-hetero) is 1. The van der Waals surface area contributed by atoms with Gasteiger partial charge in [-0.3, -0.25) is 24.0 Å². The van der Waals surface area contributed by atoms with Crippen molar-refractivity contribution in [3.8, 4) is 17.2 Å². The van der Waals surface area contributed by atoms with Crippen molar-refractivity contribution in [2.24, 2.45) is 10.8 Å². The average molecular weight is 715 g/mol. The average Bonchev–Trinajstić information content (AvgIpc) is 3.03. The summed E-state index contributed by atoms with van der Waals surface area (Å²) >= 11 is 0. The Morgan fingerprint density at radius 1 is 0.902 bits per heavy atom. The second-order valence-corrected chi connectivity index (χ2v) is 15.4. The molecule has 276 valence electrons. The molecule has 1 saturated heterocycles. The Balaban J connectivity index is 1.61. The summed E-state index contributed by atoms with van der Waals surface area (Å²) in [5.74, 6) is -5.53. The highest BCUT2D eigenvalue weighted by Gasteiger charge is 2.54. The van der Waals surface area contributed by atoms with Gasteiger partial charge in [-0.1, -0.05) is 12.1 Å². The van der Waals surface area contributed by atoms with Crippen LogP contribution in [0.4, 0.5) is 4.39 Å². The van der Waals surface area contributed by atoms with Gasteiger partial charge in [-0.25, -0.2) is 4.39 Å². The Hall–Kier alpha value is -4.40. The Labute approximate surface area is 294 Å². The molecule has 0 amide bonds. The number of phenols is 2. The van der Waals surface area contributed by atoms with Crippen LogP contribution in [0.25, 0.3) is 0 Å². The van der Waals surface area contributed by atoms with Crippen LogP contribution in [0, 0.1) is 10.8 Å². The lowest BCUT2D eigenvalue weighted by molar-refractivity contribution is -0.301. The van der Waals surface area contributed by atoms with Gasteiger partial charge in [0.2, 0.25) is 5.78 Å². The summed E-state index contributed by atoms with van der Waals surface area (Å²) in [4.78, 5) is 66.4. The number of rotatable bonds is 6. The number of carbonyl (C=O) groups is 5. The molecule has 2 aromatic carbocycles. The van der Waals surface area contributed by atoms with Gasteiger partial charge in [0.05, 0.1) is 46.8 Å². The third kappa shape index (κ3) is 6.49. The van der Waals surface area contributed by atoms with Crippen molar-refractivity contribution in [2.75, 3.05) is 7.11 Å². The monoisotopic (exact) mass is 714 g/mol. The van der Waals surface area contributed by atoms with Crippen LogP contribution < -0.4 is 4.74 Å². The van der Waals surface area contributed by atoms with E-state index in [4.69, 9.17) is 23.7 Å². The molecule has 0 spiro atoms. The van der Waals surface area contributed by atoms with E-state index >= 15 is 4.39 Å². The lowest BCUT2D eigenvalue weighted by Crippen LogP contribution is -2.60. The second kappa shape index (κ2) is 13.0. The van der Waals surface area contributed by atoms with Crippen molar-refractivity contribution in [2.45, 2.75) is 111 Å². The molecule has 5 rings (SSSR count). The number of hydrogen-bond donors (Lipinski definition) is 3. The zero-order valence-electron chi connectivity index (χ0n) is 29.9. The Bertz CT molecular complexity index is 1820. The van der Waals surface area contributed by atoms with Crippen LogP contribution in [-0.2, 0) is 39.8 Å². The second-order valence-electron chi connectivity index (χ2n) is 15.4. The van der Waals surface area contributed by atoms with Gasteiger partial charge in [0.25, 0.3) is 0 Å². The van der Waals surface area contributed by atoms with Gasteiger partial charge in [0, 0.05) is 29.5 Å². The molecule has 0 aromatic heterocycles. The zero-order valence-corrected chi connectivity index (χ0v) is 29.9. The first-order valence-electron chi connectivity index (χ1n) is 16.5. The highest BCUT2D eigenvalue weighted by Crippen LogP contribution is 2.53. The molecule has 3 N–H and O–H groups in total. The van der Waals surface area contributed by atoms with Gasteiger partial charge in [-0.2, -0.15) is 0 Å². The number of halogens is 1. The predicted molar refractivity (Wildman–Crippen MR) is 175 cm³/mol. The molecular weight excluding hydrogens is 671 g/mol. The maximum atomic E-state index is 16.7. The van der Waals surface area contributed by atoms with E-state index in [-0.39, 0.29) is 28.0 Å². The summed E-state index contributed by atoms with van der Waals surface area (Å²) < 4.78 is 45.1. The van der Waals surface area contributed by atoms with Gasteiger partial charge in [-0.15, -0.1) is 0 Å². The normalized spacial score (nSPS) is 27.5. The van der Waals surface area contributed by atoms with Crippen molar-refractivity contribution in [3.63, 3.8) is 0 Å². The number of ketones is 3. The smallest absolute Gasteiger partial charge is 0.311 e. The van der Waals surface area contributed by atoms with Crippen molar-refractivity contribution in [3.05, 3.63) is 51.6 Å². The van der Waals surface area contributed by atoms with Crippen LogP contribution in [0.1, 0.15) is 111 Å². The third-order valence-electron chi connectivity index (χ3n) is 9.45. The minimum atomic E-state index is -2.34. The number of benzene rings is 2. The summed E-state index contributed by atoms with van der Waals surface area (Å²) in [6.45, 7) is 11.9.